The first kappa shape index (κ1) is 19.8. The molecule has 3 amide bonds. The summed E-state index contributed by atoms with van der Waals surface area (Å²) in [5, 5.41) is 2.35. The Morgan fingerprint density at radius 1 is 1.18 bits per heavy atom. The monoisotopic (exact) mass is 402 g/mol. The van der Waals surface area contributed by atoms with Crippen LogP contribution in [-0.4, -0.2) is 35.9 Å². The summed E-state index contributed by atoms with van der Waals surface area (Å²) in [7, 11) is 0. The summed E-state index contributed by atoms with van der Waals surface area (Å²) in [6.45, 7) is 4.35. The van der Waals surface area contributed by atoms with Crippen molar-refractivity contribution in [2.75, 3.05) is 18.1 Å². The minimum Gasteiger partial charge on any atom is -0.484 e. The highest BCUT2D eigenvalue weighted by Crippen LogP contribution is 2.25. The number of anilines is 1. The van der Waals surface area contributed by atoms with Crippen LogP contribution in [0, 0.1) is 13.8 Å². The van der Waals surface area contributed by atoms with Crippen molar-refractivity contribution in [2.45, 2.75) is 33.1 Å². The van der Waals surface area contributed by atoms with Gasteiger partial charge in [-0.2, -0.15) is 0 Å². The normalized spacial score (nSPS) is 13.5. The molecule has 0 radical (unpaired) electrons. The summed E-state index contributed by atoms with van der Waals surface area (Å²) in [5.74, 6) is -0.203. The van der Waals surface area contributed by atoms with Gasteiger partial charge in [-0.3, -0.25) is 30.1 Å². The van der Waals surface area contributed by atoms with Crippen LogP contribution in [0.25, 0.3) is 0 Å². The molecule has 1 saturated heterocycles. The second kappa shape index (κ2) is 8.83. The number of aromatic nitrogens is 1. The third-order valence-electron chi connectivity index (χ3n) is 4.09. The minimum absolute atomic E-state index is 0.0107. The fourth-order valence-electron chi connectivity index (χ4n) is 2.90. The van der Waals surface area contributed by atoms with E-state index in [1.807, 2.05) is 32.0 Å². The standard InChI is InChI=1S/C19H22N4O4S/c1-12-6-13(2)8-15(7-12)27-10-17(25)22-21-16(24)9-14-11-28-19(20-14)23-5-3-4-18(23)26/h6-8,11H,3-5,9-10H2,1-2H3,(H,21,24)(H,22,25). The maximum atomic E-state index is 12.0. The third-order valence-corrected chi connectivity index (χ3v) is 5.00. The number of thiazole rings is 1. The van der Waals surface area contributed by atoms with Gasteiger partial charge in [0.2, 0.25) is 11.8 Å². The fraction of sp³-hybridized carbons (Fsp3) is 0.368. The molecule has 1 aliphatic heterocycles. The molecule has 9 heteroatoms. The van der Waals surface area contributed by atoms with E-state index in [0.29, 0.717) is 29.5 Å². The lowest BCUT2D eigenvalue weighted by molar-refractivity contribution is -0.129. The van der Waals surface area contributed by atoms with E-state index in [1.165, 1.54) is 11.3 Å². The van der Waals surface area contributed by atoms with E-state index in [9.17, 15) is 14.4 Å². The van der Waals surface area contributed by atoms with Crippen molar-refractivity contribution >= 4 is 34.2 Å². The number of nitrogens with one attached hydrogen (secondary N) is 2. The molecule has 2 aromatic rings. The zero-order valence-corrected chi connectivity index (χ0v) is 16.6. The molecule has 2 heterocycles. The zero-order valence-electron chi connectivity index (χ0n) is 15.8. The number of rotatable bonds is 6. The van der Waals surface area contributed by atoms with Gasteiger partial charge in [0.05, 0.1) is 12.1 Å². The molecular formula is C19H22N4O4S. The van der Waals surface area contributed by atoms with E-state index in [-0.39, 0.29) is 18.9 Å². The number of aryl methyl sites for hydroxylation is 2. The Bertz CT molecular complexity index is 876. The van der Waals surface area contributed by atoms with Gasteiger partial charge in [0.25, 0.3) is 5.91 Å². The molecule has 1 aromatic heterocycles. The third kappa shape index (κ3) is 5.29. The number of hydrazine groups is 1. The van der Waals surface area contributed by atoms with Crippen molar-refractivity contribution in [1.82, 2.24) is 15.8 Å². The molecule has 1 aliphatic rings. The van der Waals surface area contributed by atoms with Crippen LogP contribution < -0.4 is 20.5 Å². The second-order valence-electron chi connectivity index (χ2n) is 6.66. The molecule has 0 spiro atoms. The Hall–Kier alpha value is -2.94. The van der Waals surface area contributed by atoms with Gasteiger partial charge in [0, 0.05) is 18.3 Å². The molecule has 0 atom stereocenters. The van der Waals surface area contributed by atoms with Crippen molar-refractivity contribution in [3.05, 3.63) is 40.4 Å². The van der Waals surface area contributed by atoms with E-state index < -0.39 is 11.8 Å². The Morgan fingerprint density at radius 3 is 2.57 bits per heavy atom. The average molecular weight is 402 g/mol. The Morgan fingerprint density at radius 2 is 1.89 bits per heavy atom. The smallest absolute Gasteiger partial charge is 0.276 e. The molecule has 8 nitrogen and oxygen atoms in total. The van der Waals surface area contributed by atoms with Gasteiger partial charge in [-0.15, -0.1) is 11.3 Å². The Labute approximate surface area is 166 Å². The summed E-state index contributed by atoms with van der Waals surface area (Å²) in [6.07, 6.45) is 1.37. The number of benzene rings is 1. The number of nitrogens with zero attached hydrogens (tertiary/aromatic N) is 2. The molecule has 28 heavy (non-hydrogen) atoms. The van der Waals surface area contributed by atoms with Gasteiger partial charge >= 0.3 is 0 Å². The maximum Gasteiger partial charge on any atom is 0.276 e. The number of hydrogen-bond donors (Lipinski definition) is 2. The molecular weight excluding hydrogens is 380 g/mol. The Kier molecular flexibility index (Phi) is 6.25. The lowest BCUT2D eigenvalue weighted by Gasteiger charge is -2.10. The molecule has 1 aromatic carbocycles. The average Bonchev–Trinajstić information content (AvgIpc) is 3.26. The van der Waals surface area contributed by atoms with Gasteiger partial charge in [0.1, 0.15) is 5.75 Å². The summed E-state index contributed by atoms with van der Waals surface area (Å²) < 4.78 is 5.44. The molecule has 148 valence electrons. The van der Waals surface area contributed by atoms with Crippen molar-refractivity contribution < 1.29 is 19.1 Å². The van der Waals surface area contributed by atoms with E-state index in [0.717, 1.165) is 17.5 Å². The highest BCUT2D eigenvalue weighted by atomic mass is 32.1. The minimum atomic E-state index is -0.464. The van der Waals surface area contributed by atoms with Crippen LogP contribution in [-0.2, 0) is 20.8 Å². The predicted octanol–water partition coefficient (Wildman–Crippen LogP) is 1.66. The molecule has 0 unspecified atom stereocenters. The van der Waals surface area contributed by atoms with E-state index in [1.54, 1.807) is 10.3 Å². The number of carbonyl (C=O) groups excluding carboxylic acids is 3. The van der Waals surface area contributed by atoms with Crippen molar-refractivity contribution in [2.24, 2.45) is 0 Å². The first-order valence-electron chi connectivity index (χ1n) is 8.94. The first-order chi connectivity index (χ1) is 13.4. The Balaban J connectivity index is 1.42. The SMILES string of the molecule is Cc1cc(C)cc(OCC(=O)NNC(=O)Cc2csc(N3CCCC3=O)n2)c1. The maximum absolute atomic E-state index is 12.0. The van der Waals surface area contributed by atoms with Crippen molar-refractivity contribution in [3.8, 4) is 5.75 Å². The molecule has 0 aliphatic carbocycles. The number of hydrogen-bond acceptors (Lipinski definition) is 6. The summed E-state index contributed by atoms with van der Waals surface area (Å²) >= 11 is 1.33. The molecule has 0 saturated carbocycles. The van der Waals surface area contributed by atoms with Gasteiger partial charge in [0.15, 0.2) is 11.7 Å². The number of ether oxygens (including phenoxy) is 1. The van der Waals surface area contributed by atoms with Gasteiger partial charge < -0.3 is 4.74 Å². The highest BCUT2D eigenvalue weighted by molar-refractivity contribution is 7.14. The summed E-state index contributed by atoms with van der Waals surface area (Å²) in [6, 6.07) is 5.68. The zero-order chi connectivity index (χ0) is 20.1. The predicted molar refractivity (Wildman–Crippen MR) is 105 cm³/mol. The van der Waals surface area contributed by atoms with Crippen LogP contribution in [0.3, 0.4) is 0 Å². The van der Waals surface area contributed by atoms with E-state index in [2.05, 4.69) is 15.8 Å². The van der Waals surface area contributed by atoms with Crippen LogP contribution in [0.2, 0.25) is 0 Å². The van der Waals surface area contributed by atoms with E-state index in [4.69, 9.17) is 4.74 Å². The molecule has 1 fully saturated rings. The quantitative estimate of drug-likeness (QED) is 0.716. The van der Waals surface area contributed by atoms with E-state index >= 15 is 0 Å². The van der Waals surface area contributed by atoms with Crippen LogP contribution in [0.1, 0.15) is 29.7 Å². The number of carbonyl (C=O) groups is 3. The number of amides is 3. The molecule has 3 rings (SSSR count). The fourth-order valence-corrected chi connectivity index (χ4v) is 3.77. The largest absolute Gasteiger partial charge is 0.484 e. The van der Waals surface area contributed by atoms with Crippen LogP contribution in [0.4, 0.5) is 5.13 Å². The summed E-state index contributed by atoms with van der Waals surface area (Å²) in [5.41, 5.74) is 7.30. The summed E-state index contributed by atoms with van der Waals surface area (Å²) in [4.78, 5) is 41.5. The lowest BCUT2D eigenvalue weighted by Crippen LogP contribution is -2.44. The van der Waals surface area contributed by atoms with Crippen LogP contribution in [0.5, 0.6) is 5.75 Å². The molecule has 2 N–H and O–H groups in total. The molecule has 0 bridgehead atoms. The second-order valence-corrected chi connectivity index (χ2v) is 7.49. The van der Waals surface area contributed by atoms with Crippen molar-refractivity contribution in [1.29, 1.82) is 0 Å². The lowest BCUT2D eigenvalue weighted by atomic mass is 10.1. The van der Waals surface area contributed by atoms with Crippen molar-refractivity contribution in [3.63, 3.8) is 0 Å². The van der Waals surface area contributed by atoms with Crippen LogP contribution >= 0.6 is 11.3 Å². The van der Waals surface area contributed by atoms with Crippen LogP contribution in [0.15, 0.2) is 23.6 Å². The topological polar surface area (TPSA) is 101 Å². The van der Waals surface area contributed by atoms with Gasteiger partial charge in [-0.05, 0) is 43.5 Å². The highest BCUT2D eigenvalue weighted by Gasteiger charge is 2.24. The van der Waals surface area contributed by atoms with Gasteiger partial charge in [-0.1, -0.05) is 6.07 Å². The first-order valence-corrected chi connectivity index (χ1v) is 9.82. The van der Waals surface area contributed by atoms with Gasteiger partial charge in [-0.25, -0.2) is 4.98 Å².